The van der Waals surface area contributed by atoms with Gasteiger partial charge in [0.05, 0.1) is 16.3 Å². The van der Waals surface area contributed by atoms with E-state index >= 15 is 0 Å². The van der Waals surface area contributed by atoms with Crippen LogP contribution >= 0.6 is 11.6 Å². The van der Waals surface area contributed by atoms with Crippen molar-refractivity contribution in [3.05, 3.63) is 65.2 Å². The number of aryl methyl sites for hydroxylation is 1. The minimum atomic E-state index is -3.48. The van der Waals surface area contributed by atoms with Gasteiger partial charge in [-0.3, -0.25) is 0 Å². The molecule has 0 atom stereocenters. The van der Waals surface area contributed by atoms with E-state index in [-0.39, 0.29) is 27.7 Å². The third-order valence-electron chi connectivity index (χ3n) is 3.15. The molecule has 0 radical (unpaired) electrons. The van der Waals surface area contributed by atoms with Gasteiger partial charge in [0.25, 0.3) is 0 Å². The predicted octanol–water partition coefficient (Wildman–Crippen LogP) is 2.99. The monoisotopic (exact) mass is 376 g/mol. The molecular formula is C16H13ClN4O3S. The molecule has 0 aliphatic rings. The Labute approximate surface area is 149 Å². The van der Waals surface area contributed by atoms with Gasteiger partial charge in [0.2, 0.25) is 17.0 Å². The van der Waals surface area contributed by atoms with E-state index in [4.69, 9.17) is 16.3 Å². The molecule has 2 aromatic heterocycles. The van der Waals surface area contributed by atoms with Crippen LogP contribution in [0.2, 0.25) is 5.28 Å². The minimum absolute atomic E-state index is 0.0635. The van der Waals surface area contributed by atoms with E-state index in [0.29, 0.717) is 11.4 Å². The van der Waals surface area contributed by atoms with Crippen molar-refractivity contribution in [2.45, 2.75) is 17.6 Å². The van der Waals surface area contributed by atoms with E-state index < -0.39 is 9.84 Å². The number of ether oxygens (including phenoxy) is 1. The Morgan fingerprint density at radius 3 is 2.40 bits per heavy atom. The van der Waals surface area contributed by atoms with Gasteiger partial charge in [0.15, 0.2) is 9.84 Å². The standard InChI is InChI=1S/C16H13ClN4O3S/c1-11-9-15(19-16(17)18-11)24-14-8-7-12(20-21-14)10-25(22,23)13-5-3-2-4-6-13/h2-9H,10H2,1H3. The molecule has 1 aromatic carbocycles. The highest BCUT2D eigenvalue weighted by Crippen LogP contribution is 2.20. The van der Waals surface area contributed by atoms with Crippen LogP contribution in [0.1, 0.15) is 11.4 Å². The Hall–Kier alpha value is -2.58. The molecule has 0 saturated heterocycles. The lowest BCUT2D eigenvalue weighted by Crippen LogP contribution is -2.07. The van der Waals surface area contributed by atoms with Gasteiger partial charge in [0, 0.05) is 17.8 Å². The van der Waals surface area contributed by atoms with Crippen LogP contribution in [0.4, 0.5) is 0 Å². The third kappa shape index (κ3) is 4.49. The van der Waals surface area contributed by atoms with Crippen molar-refractivity contribution in [1.82, 2.24) is 20.2 Å². The Bertz CT molecular complexity index is 960. The molecule has 0 bridgehead atoms. The molecule has 0 spiro atoms. The van der Waals surface area contributed by atoms with Gasteiger partial charge < -0.3 is 4.74 Å². The summed E-state index contributed by atoms with van der Waals surface area (Å²) in [4.78, 5) is 8.09. The fourth-order valence-electron chi connectivity index (χ4n) is 2.05. The van der Waals surface area contributed by atoms with Crippen LogP contribution in [0.3, 0.4) is 0 Å². The first kappa shape index (κ1) is 17.2. The SMILES string of the molecule is Cc1cc(Oc2ccc(CS(=O)(=O)c3ccccc3)nn2)nc(Cl)n1. The van der Waals surface area contributed by atoms with Crippen LogP contribution in [-0.4, -0.2) is 28.6 Å². The van der Waals surface area contributed by atoms with Crippen molar-refractivity contribution in [3.8, 4) is 11.8 Å². The van der Waals surface area contributed by atoms with Crippen molar-refractivity contribution >= 4 is 21.4 Å². The van der Waals surface area contributed by atoms with Crippen LogP contribution in [0, 0.1) is 6.92 Å². The molecule has 25 heavy (non-hydrogen) atoms. The second kappa shape index (κ2) is 7.12. The lowest BCUT2D eigenvalue weighted by Gasteiger charge is -2.06. The number of rotatable bonds is 5. The Morgan fingerprint density at radius 2 is 1.76 bits per heavy atom. The topological polar surface area (TPSA) is 94.9 Å². The van der Waals surface area contributed by atoms with Gasteiger partial charge >= 0.3 is 0 Å². The van der Waals surface area contributed by atoms with Gasteiger partial charge in [-0.2, -0.15) is 10.1 Å². The van der Waals surface area contributed by atoms with Crippen molar-refractivity contribution in [2.24, 2.45) is 0 Å². The molecule has 0 saturated carbocycles. The average molecular weight is 377 g/mol. The molecule has 9 heteroatoms. The first-order valence-corrected chi connectivity index (χ1v) is 9.25. The molecule has 0 fully saturated rings. The zero-order valence-electron chi connectivity index (χ0n) is 13.1. The van der Waals surface area contributed by atoms with Crippen LogP contribution in [-0.2, 0) is 15.6 Å². The van der Waals surface area contributed by atoms with E-state index in [1.807, 2.05) is 0 Å². The largest absolute Gasteiger partial charge is 0.419 e. The molecule has 0 N–H and O–H groups in total. The quantitative estimate of drug-likeness (QED) is 0.631. The van der Waals surface area contributed by atoms with Gasteiger partial charge in [-0.25, -0.2) is 13.4 Å². The van der Waals surface area contributed by atoms with Crippen LogP contribution < -0.4 is 4.74 Å². The second-order valence-corrected chi connectivity index (χ2v) is 7.48. The summed E-state index contributed by atoms with van der Waals surface area (Å²) in [5.41, 5.74) is 0.960. The number of aromatic nitrogens is 4. The van der Waals surface area contributed by atoms with Crippen molar-refractivity contribution < 1.29 is 13.2 Å². The number of benzene rings is 1. The van der Waals surface area contributed by atoms with Gasteiger partial charge in [-0.1, -0.05) is 18.2 Å². The lowest BCUT2D eigenvalue weighted by molar-refractivity contribution is 0.435. The van der Waals surface area contributed by atoms with Gasteiger partial charge in [-0.05, 0) is 36.7 Å². The Kier molecular flexibility index (Phi) is 4.91. The van der Waals surface area contributed by atoms with E-state index in [2.05, 4.69) is 20.2 Å². The number of hydrogen-bond donors (Lipinski definition) is 0. The smallest absolute Gasteiger partial charge is 0.240 e. The molecule has 2 heterocycles. The first-order valence-electron chi connectivity index (χ1n) is 7.22. The third-order valence-corrected chi connectivity index (χ3v) is 4.98. The molecular weight excluding hydrogens is 364 g/mol. The number of hydrogen-bond acceptors (Lipinski definition) is 7. The van der Waals surface area contributed by atoms with Crippen LogP contribution in [0.15, 0.2) is 53.4 Å². The summed E-state index contributed by atoms with van der Waals surface area (Å²) in [5.74, 6) is 0.161. The maximum absolute atomic E-state index is 12.3. The number of sulfone groups is 1. The molecule has 0 amide bonds. The zero-order valence-corrected chi connectivity index (χ0v) is 14.7. The summed E-state index contributed by atoms with van der Waals surface area (Å²) in [6, 6.07) is 12.8. The average Bonchev–Trinajstić information content (AvgIpc) is 2.56. The molecule has 0 aliphatic heterocycles. The summed E-state index contributed by atoms with van der Waals surface area (Å²) >= 11 is 5.77. The summed E-state index contributed by atoms with van der Waals surface area (Å²) < 4.78 is 30.1. The number of nitrogens with zero attached hydrogens (tertiary/aromatic N) is 4. The fourth-order valence-corrected chi connectivity index (χ4v) is 3.55. The second-order valence-electron chi connectivity index (χ2n) is 5.15. The van der Waals surface area contributed by atoms with Gasteiger partial charge in [-0.15, -0.1) is 5.10 Å². The van der Waals surface area contributed by atoms with E-state index in [1.54, 1.807) is 49.4 Å². The maximum atomic E-state index is 12.3. The van der Waals surface area contributed by atoms with Crippen LogP contribution in [0.25, 0.3) is 0 Å². The Morgan fingerprint density at radius 1 is 1.00 bits per heavy atom. The maximum Gasteiger partial charge on any atom is 0.240 e. The Balaban J connectivity index is 1.74. The first-order chi connectivity index (χ1) is 11.9. The minimum Gasteiger partial charge on any atom is -0.419 e. The van der Waals surface area contributed by atoms with Crippen molar-refractivity contribution in [2.75, 3.05) is 0 Å². The van der Waals surface area contributed by atoms with Crippen molar-refractivity contribution in [3.63, 3.8) is 0 Å². The normalized spacial score (nSPS) is 11.3. The molecule has 3 rings (SSSR count). The summed E-state index contributed by atoms with van der Waals surface area (Å²) in [5, 5.41) is 7.83. The lowest BCUT2D eigenvalue weighted by atomic mass is 10.4. The molecule has 0 unspecified atom stereocenters. The molecule has 3 aromatic rings. The highest BCUT2D eigenvalue weighted by molar-refractivity contribution is 7.90. The van der Waals surface area contributed by atoms with E-state index in [1.165, 1.54) is 6.07 Å². The highest BCUT2D eigenvalue weighted by atomic mass is 35.5. The molecule has 128 valence electrons. The molecule has 0 aliphatic carbocycles. The summed E-state index contributed by atoms with van der Waals surface area (Å²) in [7, 11) is -3.48. The predicted molar refractivity (Wildman–Crippen MR) is 91.2 cm³/mol. The van der Waals surface area contributed by atoms with E-state index in [9.17, 15) is 8.42 Å². The number of halogens is 1. The summed E-state index contributed by atoms with van der Waals surface area (Å²) in [6.07, 6.45) is 0. The fraction of sp³-hybridized carbons (Fsp3) is 0.125. The highest BCUT2D eigenvalue weighted by Gasteiger charge is 2.16. The van der Waals surface area contributed by atoms with Gasteiger partial charge in [0.1, 0.15) is 0 Å². The summed E-state index contributed by atoms with van der Waals surface area (Å²) in [6.45, 7) is 1.75. The molecule has 7 nitrogen and oxygen atoms in total. The van der Waals surface area contributed by atoms with Crippen LogP contribution in [0.5, 0.6) is 11.8 Å². The van der Waals surface area contributed by atoms with E-state index in [0.717, 1.165) is 0 Å². The zero-order chi connectivity index (χ0) is 17.9. The van der Waals surface area contributed by atoms with Crippen molar-refractivity contribution in [1.29, 1.82) is 0 Å².